The van der Waals surface area contributed by atoms with Crippen LogP contribution in [0.15, 0.2) is 29.3 Å². The maximum Gasteiger partial charge on any atom is 0.191 e. The van der Waals surface area contributed by atoms with Crippen LogP contribution in [0, 0.1) is 0 Å². The Morgan fingerprint density at radius 3 is 2.64 bits per heavy atom. The molecule has 2 fully saturated rings. The number of guanidine groups is 1. The van der Waals surface area contributed by atoms with Gasteiger partial charge in [-0.3, -0.25) is 4.99 Å². The Kier molecular flexibility index (Phi) is 4.27. The van der Waals surface area contributed by atoms with E-state index in [0.717, 1.165) is 25.1 Å². The third-order valence-corrected chi connectivity index (χ3v) is 5.24. The molecule has 0 saturated heterocycles. The second-order valence-electron chi connectivity index (χ2n) is 6.70. The molecule has 2 N–H and O–H groups in total. The van der Waals surface area contributed by atoms with E-state index < -0.39 is 0 Å². The average molecular weight is 301 g/mol. The summed E-state index contributed by atoms with van der Waals surface area (Å²) in [7, 11) is 3.81. The van der Waals surface area contributed by atoms with Gasteiger partial charge < -0.3 is 15.4 Å². The van der Waals surface area contributed by atoms with Gasteiger partial charge in [-0.05, 0) is 31.7 Å². The number of hydrogen-bond donors (Lipinski definition) is 1. The van der Waals surface area contributed by atoms with Crippen molar-refractivity contribution in [3.8, 4) is 5.75 Å². The van der Waals surface area contributed by atoms with Crippen LogP contribution < -0.4 is 10.5 Å². The van der Waals surface area contributed by atoms with Crippen molar-refractivity contribution in [2.75, 3.05) is 20.7 Å². The van der Waals surface area contributed by atoms with Crippen molar-refractivity contribution in [2.45, 2.75) is 50.0 Å². The lowest BCUT2D eigenvalue weighted by molar-refractivity contribution is 0.376. The number of nitrogens with two attached hydrogens (primary N) is 1. The van der Waals surface area contributed by atoms with Crippen molar-refractivity contribution in [1.82, 2.24) is 4.90 Å². The first-order valence-electron chi connectivity index (χ1n) is 8.32. The van der Waals surface area contributed by atoms with Gasteiger partial charge in [-0.2, -0.15) is 0 Å². The maximum atomic E-state index is 6.19. The molecule has 4 nitrogen and oxygen atoms in total. The van der Waals surface area contributed by atoms with E-state index in [1.807, 2.05) is 6.07 Å². The number of methoxy groups -OCH3 is 1. The third-order valence-electron chi connectivity index (χ3n) is 5.24. The maximum absolute atomic E-state index is 6.19. The molecule has 0 atom stereocenters. The van der Waals surface area contributed by atoms with E-state index in [-0.39, 0.29) is 5.41 Å². The van der Waals surface area contributed by atoms with Crippen molar-refractivity contribution in [3.05, 3.63) is 29.8 Å². The summed E-state index contributed by atoms with van der Waals surface area (Å²) < 4.78 is 5.60. The molecule has 1 aromatic rings. The Hall–Kier alpha value is -1.71. The molecule has 3 rings (SSSR count). The Balaban J connectivity index is 1.84. The molecule has 2 saturated carbocycles. The summed E-state index contributed by atoms with van der Waals surface area (Å²) in [6.07, 6.45) is 7.32. The molecule has 0 bridgehead atoms. The predicted octanol–water partition coefficient (Wildman–Crippen LogP) is 2.92. The topological polar surface area (TPSA) is 50.9 Å². The molecule has 0 unspecified atom stereocenters. The van der Waals surface area contributed by atoms with Gasteiger partial charge in [-0.25, -0.2) is 0 Å². The lowest BCUT2D eigenvalue weighted by Gasteiger charge is -2.30. The first kappa shape index (κ1) is 15.2. The van der Waals surface area contributed by atoms with E-state index in [2.05, 4.69) is 30.1 Å². The van der Waals surface area contributed by atoms with Crippen molar-refractivity contribution in [1.29, 1.82) is 0 Å². The normalized spacial score (nSPS) is 20.9. The molecular weight excluding hydrogens is 274 g/mol. The van der Waals surface area contributed by atoms with Crippen LogP contribution >= 0.6 is 0 Å². The zero-order valence-corrected chi connectivity index (χ0v) is 13.7. The van der Waals surface area contributed by atoms with Crippen LogP contribution in [0.2, 0.25) is 0 Å². The fourth-order valence-corrected chi connectivity index (χ4v) is 3.64. The highest BCUT2D eigenvalue weighted by Crippen LogP contribution is 2.45. The largest absolute Gasteiger partial charge is 0.496 e. The molecule has 0 heterocycles. The van der Waals surface area contributed by atoms with Crippen LogP contribution in [0.4, 0.5) is 0 Å². The molecule has 0 amide bonds. The molecule has 0 radical (unpaired) electrons. The molecule has 120 valence electrons. The number of ether oxygens (including phenoxy) is 1. The van der Waals surface area contributed by atoms with Gasteiger partial charge in [-0.15, -0.1) is 0 Å². The number of nitrogens with zero attached hydrogens (tertiary/aromatic N) is 2. The summed E-state index contributed by atoms with van der Waals surface area (Å²) in [5.74, 6) is 1.66. The van der Waals surface area contributed by atoms with Crippen LogP contribution in [-0.2, 0) is 5.41 Å². The molecule has 2 aliphatic rings. The van der Waals surface area contributed by atoms with Gasteiger partial charge in [0.05, 0.1) is 13.7 Å². The Morgan fingerprint density at radius 2 is 2.00 bits per heavy atom. The fourth-order valence-electron chi connectivity index (χ4n) is 3.64. The van der Waals surface area contributed by atoms with Gasteiger partial charge in [0.25, 0.3) is 0 Å². The minimum Gasteiger partial charge on any atom is -0.496 e. The number of rotatable bonds is 5. The fraction of sp³-hybridized carbons (Fsp3) is 0.611. The molecule has 2 aliphatic carbocycles. The highest BCUT2D eigenvalue weighted by Gasteiger charge is 2.38. The minimum atomic E-state index is 0.0849. The molecular formula is C18H27N3O. The zero-order chi connectivity index (χ0) is 15.6. The van der Waals surface area contributed by atoms with Gasteiger partial charge in [-0.1, -0.05) is 31.0 Å². The number of benzene rings is 1. The van der Waals surface area contributed by atoms with Gasteiger partial charge in [0.15, 0.2) is 5.96 Å². The van der Waals surface area contributed by atoms with Crippen molar-refractivity contribution in [2.24, 2.45) is 10.7 Å². The molecule has 1 aromatic carbocycles. The van der Waals surface area contributed by atoms with Crippen molar-refractivity contribution in [3.63, 3.8) is 0 Å². The predicted molar refractivity (Wildman–Crippen MR) is 90.4 cm³/mol. The van der Waals surface area contributed by atoms with Gasteiger partial charge in [0.2, 0.25) is 0 Å². The number of aliphatic imine (C=N–C) groups is 1. The summed E-state index contributed by atoms with van der Waals surface area (Å²) in [6, 6.07) is 8.99. The lowest BCUT2D eigenvalue weighted by atomic mass is 9.78. The standard InChI is InChI=1S/C18H27N3O/c1-21(14-9-10-14)17(19)20-13-18(11-5-6-12-18)15-7-3-4-8-16(15)22-2/h3-4,7-8,14H,5-6,9-13H2,1-2H3,(H2,19,20). The summed E-state index contributed by atoms with van der Waals surface area (Å²) in [5, 5.41) is 0. The van der Waals surface area contributed by atoms with Crippen molar-refractivity contribution >= 4 is 5.96 Å². The SMILES string of the molecule is COc1ccccc1C1(CN=C(N)N(C)C2CC2)CCCC1. The second-order valence-corrected chi connectivity index (χ2v) is 6.70. The van der Waals surface area contributed by atoms with Crippen LogP contribution in [0.1, 0.15) is 44.1 Å². The van der Waals surface area contributed by atoms with E-state index in [1.54, 1.807) is 7.11 Å². The van der Waals surface area contributed by atoms with E-state index in [9.17, 15) is 0 Å². The number of para-hydroxylation sites is 1. The molecule has 0 aliphatic heterocycles. The van der Waals surface area contributed by atoms with Crippen LogP contribution in [-0.4, -0.2) is 37.6 Å². The minimum absolute atomic E-state index is 0.0849. The summed E-state index contributed by atoms with van der Waals surface area (Å²) >= 11 is 0. The monoisotopic (exact) mass is 301 g/mol. The van der Waals surface area contributed by atoms with E-state index in [0.29, 0.717) is 12.0 Å². The molecule has 4 heteroatoms. The van der Waals surface area contributed by atoms with Gasteiger partial charge in [0, 0.05) is 24.1 Å². The average Bonchev–Trinajstić information content (AvgIpc) is 3.30. The molecule has 22 heavy (non-hydrogen) atoms. The van der Waals surface area contributed by atoms with Crippen molar-refractivity contribution < 1.29 is 4.74 Å². The third kappa shape index (κ3) is 2.92. The lowest BCUT2D eigenvalue weighted by Crippen LogP contribution is -2.37. The van der Waals surface area contributed by atoms with Crippen LogP contribution in [0.5, 0.6) is 5.75 Å². The quantitative estimate of drug-likeness (QED) is 0.672. The molecule has 0 spiro atoms. The highest BCUT2D eigenvalue weighted by atomic mass is 16.5. The van der Waals surface area contributed by atoms with Crippen LogP contribution in [0.3, 0.4) is 0 Å². The van der Waals surface area contributed by atoms with E-state index >= 15 is 0 Å². The van der Waals surface area contributed by atoms with E-state index in [4.69, 9.17) is 15.5 Å². The molecule has 0 aromatic heterocycles. The van der Waals surface area contributed by atoms with Gasteiger partial charge in [0.1, 0.15) is 5.75 Å². The zero-order valence-electron chi connectivity index (χ0n) is 13.7. The van der Waals surface area contributed by atoms with E-state index in [1.165, 1.54) is 31.2 Å². The summed E-state index contributed by atoms with van der Waals surface area (Å²) in [6.45, 7) is 0.760. The first-order chi connectivity index (χ1) is 10.7. The van der Waals surface area contributed by atoms with Crippen LogP contribution in [0.25, 0.3) is 0 Å². The highest BCUT2D eigenvalue weighted by molar-refractivity contribution is 5.78. The number of hydrogen-bond acceptors (Lipinski definition) is 2. The first-order valence-corrected chi connectivity index (χ1v) is 8.32. The van der Waals surface area contributed by atoms with Gasteiger partial charge >= 0.3 is 0 Å². The second kappa shape index (κ2) is 6.19. The Bertz CT molecular complexity index is 545. The Labute approximate surface area is 133 Å². The summed E-state index contributed by atoms with van der Waals surface area (Å²) in [5.41, 5.74) is 7.57. The Morgan fingerprint density at radius 1 is 1.32 bits per heavy atom. The summed E-state index contributed by atoms with van der Waals surface area (Å²) in [4.78, 5) is 6.89. The smallest absolute Gasteiger partial charge is 0.191 e.